The van der Waals surface area contributed by atoms with Crippen molar-refractivity contribution < 1.29 is 4.79 Å². The molecule has 0 saturated heterocycles. The summed E-state index contributed by atoms with van der Waals surface area (Å²) >= 11 is 3.50. The summed E-state index contributed by atoms with van der Waals surface area (Å²) in [5, 5.41) is 5.27. The smallest absolute Gasteiger partial charge is 0.251 e. The van der Waals surface area contributed by atoms with Gasteiger partial charge in [-0.15, -0.1) is 0 Å². The maximum Gasteiger partial charge on any atom is 0.251 e. The van der Waals surface area contributed by atoms with Gasteiger partial charge in [0.2, 0.25) is 0 Å². The van der Waals surface area contributed by atoms with Crippen molar-refractivity contribution in [2.45, 2.75) is 31.1 Å². The monoisotopic (exact) mass is 319 g/mol. The van der Waals surface area contributed by atoms with Crippen LogP contribution in [0.15, 0.2) is 42.5 Å². The van der Waals surface area contributed by atoms with Gasteiger partial charge in [0, 0.05) is 16.4 Å². The lowest BCUT2D eigenvalue weighted by molar-refractivity contribution is 0.0939. The van der Waals surface area contributed by atoms with Gasteiger partial charge in [-0.1, -0.05) is 53.2 Å². The molecular formula is C16H18BrNO. The predicted molar refractivity (Wildman–Crippen MR) is 83.9 cm³/mol. The molecule has 0 saturated carbocycles. The zero-order valence-corrected chi connectivity index (χ0v) is 12.8. The van der Waals surface area contributed by atoms with Crippen molar-refractivity contribution in [1.82, 2.24) is 5.32 Å². The van der Waals surface area contributed by atoms with E-state index in [9.17, 15) is 4.79 Å². The van der Waals surface area contributed by atoms with Crippen molar-refractivity contribution in [2.75, 3.05) is 0 Å². The molecule has 0 aliphatic carbocycles. The molecule has 1 N–H and O–H groups in total. The first-order valence-electron chi connectivity index (χ1n) is 6.50. The lowest BCUT2D eigenvalue weighted by atomic mass is 10.1. The van der Waals surface area contributed by atoms with E-state index in [1.54, 1.807) is 0 Å². The lowest BCUT2D eigenvalue weighted by Gasteiger charge is -2.15. The number of carbonyl (C=O) groups is 1. The van der Waals surface area contributed by atoms with Crippen LogP contribution in [-0.4, -0.2) is 16.8 Å². The number of rotatable bonds is 4. The molecule has 2 atom stereocenters. The number of nitrogens with one attached hydrogen (secondary N) is 1. The van der Waals surface area contributed by atoms with Crippen LogP contribution >= 0.6 is 15.9 Å². The minimum absolute atomic E-state index is 0.00796. The first kappa shape index (κ1) is 14.1. The average molecular weight is 320 g/mol. The van der Waals surface area contributed by atoms with Gasteiger partial charge in [-0.3, -0.25) is 4.79 Å². The SMILES string of the molecule is CC(Br)CC(C)NC(=O)c1ccc2ccccc2c1. The van der Waals surface area contributed by atoms with Gasteiger partial charge in [0.1, 0.15) is 0 Å². The van der Waals surface area contributed by atoms with Gasteiger partial charge < -0.3 is 5.32 Å². The maximum absolute atomic E-state index is 12.2. The summed E-state index contributed by atoms with van der Waals surface area (Å²) < 4.78 is 0. The first-order valence-corrected chi connectivity index (χ1v) is 7.41. The largest absolute Gasteiger partial charge is 0.350 e. The molecule has 2 aromatic carbocycles. The quantitative estimate of drug-likeness (QED) is 0.843. The van der Waals surface area contributed by atoms with Gasteiger partial charge in [0.05, 0.1) is 0 Å². The third kappa shape index (κ3) is 3.80. The number of hydrogen-bond acceptors (Lipinski definition) is 1. The molecule has 2 unspecified atom stereocenters. The van der Waals surface area contributed by atoms with Gasteiger partial charge in [-0.2, -0.15) is 0 Å². The van der Waals surface area contributed by atoms with Crippen LogP contribution in [0, 0.1) is 0 Å². The van der Waals surface area contributed by atoms with E-state index in [0.717, 1.165) is 17.2 Å². The van der Waals surface area contributed by atoms with Gasteiger partial charge in [0.15, 0.2) is 0 Å². The molecule has 0 radical (unpaired) electrons. The van der Waals surface area contributed by atoms with Crippen LogP contribution in [0.2, 0.25) is 0 Å². The first-order chi connectivity index (χ1) is 9.06. The second kappa shape index (κ2) is 6.20. The Labute approximate surface area is 122 Å². The van der Waals surface area contributed by atoms with E-state index in [2.05, 4.69) is 28.2 Å². The number of halogens is 1. The topological polar surface area (TPSA) is 29.1 Å². The van der Waals surface area contributed by atoms with Crippen molar-refractivity contribution in [3.05, 3.63) is 48.0 Å². The Kier molecular flexibility index (Phi) is 4.59. The van der Waals surface area contributed by atoms with E-state index in [0.29, 0.717) is 10.4 Å². The number of amides is 1. The summed E-state index contributed by atoms with van der Waals surface area (Å²) in [4.78, 5) is 12.6. The van der Waals surface area contributed by atoms with Gasteiger partial charge >= 0.3 is 0 Å². The highest BCUT2D eigenvalue weighted by atomic mass is 79.9. The standard InChI is InChI=1S/C16H18BrNO/c1-11(17)9-12(2)18-16(19)15-8-7-13-5-3-4-6-14(13)10-15/h3-8,10-12H,9H2,1-2H3,(H,18,19). The molecule has 0 bridgehead atoms. The van der Waals surface area contributed by atoms with Crippen LogP contribution in [0.5, 0.6) is 0 Å². The van der Waals surface area contributed by atoms with E-state index in [1.165, 1.54) is 0 Å². The minimum atomic E-state index is -0.00796. The Morgan fingerprint density at radius 2 is 1.84 bits per heavy atom. The second-order valence-corrected chi connectivity index (χ2v) is 6.52. The number of alkyl halides is 1. The molecule has 0 aliphatic heterocycles. The molecule has 100 valence electrons. The van der Waals surface area contributed by atoms with Crippen LogP contribution in [0.4, 0.5) is 0 Å². The third-order valence-corrected chi connectivity index (χ3v) is 3.44. The minimum Gasteiger partial charge on any atom is -0.350 e. The molecule has 1 amide bonds. The second-order valence-electron chi connectivity index (χ2n) is 4.95. The van der Waals surface area contributed by atoms with E-state index < -0.39 is 0 Å². The normalized spacial score (nSPS) is 14.1. The fourth-order valence-electron chi connectivity index (χ4n) is 2.18. The van der Waals surface area contributed by atoms with Gasteiger partial charge in [0.25, 0.3) is 5.91 Å². The molecule has 0 heterocycles. The van der Waals surface area contributed by atoms with Crippen molar-refractivity contribution in [3.63, 3.8) is 0 Å². The molecule has 2 nitrogen and oxygen atoms in total. The van der Waals surface area contributed by atoms with Crippen LogP contribution in [-0.2, 0) is 0 Å². The molecule has 0 fully saturated rings. The van der Waals surface area contributed by atoms with E-state index in [1.807, 2.05) is 49.4 Å². The summed E-state index contributed by atoms with van der Waals surface area (Å²) in [6, 6.07) is 14.0. The fourth-order valence-corrected chi connectivity index (χ4v) is 2.74. The van der Waals surface area contributed by atoms with E-state index >= 15 is 0 Å². The fraction of sp³-hybridized carbons (Fsp3) is 0.312. The molecule has 0 aliphatic rings. The highest BCUT2D eigenvalue weighted by Crippen LogP contribution is 2.16. The number of benzene rings is 2. The highest BCUT2D eigenvalue weighted by Gasteiger charge is 2.11. The van der Waals surface area contributed by atoms with Crippen LogP contribution < -0.4 is 5.32 Å². The molecule has 0 aromatic heterocycles. The summed E-state index contributed by atoms with van der Waals surface area (Å²) in [5.74, 6) is -0.00796. The average Bonchev–Trinajstić information content (AvgIpc) is 2.37. The molecule has 19 heavy (non-hydrogen) atoms. The van der Waals surface area contributed by atoms with E-state index in [-0.39, 0.29) is 11.9 Å². The zero-order chi connectivity index (χ0) is 13.8. The van der Waals surface area contributed by atoms with Crippen molar-refractivity contribution in [3.8, 4) is 0 Å². The molecule has 2 aromatic rings. The lowest BCUT2D eigenvalue weighted by Crippen LogP contribution is -2.33. The number of carbonyl (C=O) groups excluding carboxylic acids is 1. The van der Waals surface area contributed by atoms with Crippen molar-refractivity contribution in [2.24, 2.45) is 0 Å². The van der Waals surface area contributed by atoms with Crippen molar-refractivity contribution >= 4 is 32.6 Å². The Hall–Kier alpha value is -1.35. The van der Waals surface area contributed by atoms with Crippen LogP contribution in [0.25, 0.3) is 10.8 Å². The number of hydrogen-bond donors (Lipinski definition) is 1. The molecule has 2 rings (SSSR count). The Morgan fingerprint density at radius 1 is 1.16 bits per heavy atom. The highest BCUT2D eigenvalue weighted by molar-refractivity contribution is 9.09. The molecule has 0 spiro atoms. The maximum atomic E-state index is 12.2. The predicted octanol–water partition coefficient (Wildman–Crippen LogP) is 4.13. The summed E-state index contributed by atoms with van der Waals surface area (Å²) in [5.41, 5.74) is 0.716. The Bertz CT molecular complexity index is 580. The molecular weight excluding hydrogens is 302 g/mol. The Balaban J connectivity index is 2.13. The van der Waals surface area contributed by atoms with Gasteiger partial charge in [-0.25, -0.2) is 0 Å². The number of fused-ring (bicyclic) bond motifs is 1. The zero-order valence-electron chi connectivity index (χ0n) is 11.2. The third-order valence-electron chi connectivity index (χ3n) is 3.07. The summed E-state index contributed by atoms with van der Waals surface area (Å²) in [6.45, 7) is 4.11. The van der Waals surface area contributed by atoms with Crippen LogP contribution in [0.3, 0.4) is 0 Å². The van der Waals surface area contributed by atoms with E-state index in [4.69, 9.17) is 0 Å². The van der Waals surface area contributed by atoms with Gasteiger partial charge in [-0.05, 0) is 36.2 Å². The summed E-state index contributed by atoms with van der Waals surface area (Å²) in [7, 11) is 0. The van der Waals surface area contributed by atoms with Crippen LogP contribution in [0.1, 0.15) is 30.6 Å². The molecule has 3 heteroatoms. The Morgan fingerprint density at radius 3 is 2.53 bits per heavy atom. The summed E-state index contributed by atoms with van der Waals surface area (Å²) in [6.07, 6.45) is 0.916. The van der Waals surface area contributed by atoms with Crippen molar-refractivity contribution in [1.29, 1.82) is 0 Å².